The summed E-state index contributed by atoms with van der Waals surface area (Å²) in [6.07, 6.45) is -21.7. The van der Waals surface area contributed by atoms with Crippen molar-refractivity contribution in [3.05, 3.63) is 0 Å². The second-order valence-corrected chi connectivity index (χ2v) is 24.0. The highest BCUT2D eigenvalue weighted by Gasteiger charge is 2.67. The number of piperidine rings is 1. The molecule has 4 aliphatic carbocycles. The van der Waals surface area contributed by atoms with Gasteiger partial charge in [0.25, 0.3) is 0 Å². The van der Waals surface area contributed by atoms with Crippen LogP contribution in [-0.4, -0.2) is 234 Å². The van der Waals surface area contributed by atoms with E-state index in [0.29, 0.717) is 29.2 Å². The number of ether oxygens (including phenoxy) is 8. The molecular weight excluding hydrogens is 935 g/mol. The van der Waals surface area contributed by atoms with Gasteiger partial charge in [0.1, 0.15) is 91.6 Å². The predicted octanol–water partition coefficient (Wildman–Crippen LogP) is -2.33. The summed E-state index contributed by atoms with van der Waals surface area (Å²) >= 11 is 0. The fourth-order valence-electron chi connectivity index (χ4n) is 16.6. The van der Waals surface area contributed by atoms with Crippen LogP contribution in [0.4, 0.5) is 0 Å². The molecule has 0 aromatic heterocycles. The number of nitrogens with zero attached hydrogens (tertiary/aromatic N) is 1. The van der Waals surface area contributed by atoms with E-state index in [2.05, 4.69) is 32.6 Å². The molecule has 0 spiro atoms. The second-order valence-electron chi connectivity index (χ2n) is 24.0. The second kappa shape index (κ2) is 20.8. The van der Waals surface area contributed by atoms with Crippen molar-refractivity contribution in [1.29, 1.82) is 0 Å². The zero-order valence-electron chi connectivity index (χ0n) is 41.4. The molecule has 0 bridgehead atoms. The first-order chi connectivity index (χ1) is 33.8. The summed E-state index contributed by atoms with van der Waals surface area (Å²) in [7, 11) is 0. The summed E-state index contributed by atoms with van der Waals surface area (Å²) in [5.74, 6) is 4.74. The minimum Gasteiger partial charge on any atom is -0.394 e. The lowest BCUT2D eigenvalue weighted by atomic mass is 9.44. The fourth-order valence-corrected chi connectivity index (χ4v) is 16.6. The van der Waals surface area contributed by atoms with Crippen molar-refractivity contribution in [2.45, 2.75) is 227 Å². The van der Waals surface area contributed by atoms with Gasteiger partial charge < -0.3 is 99.2 Å². The Morgan fingerprint density at radius 2 is 1.14 bits per heavy atom. The molecule has 10 rings (SSSR count). The maximum Gasteiger partial charge on any atom is 0.187 e. The Bertz CT molecular complexity index is 1810. The predicted molar refractivity (Wildman–Crippen MR) is 243 cm³/mol. The molecule has 0 aromatic carbocycles. The maximum atomic E-state index is 11.8. The Kier molecular flexibility index (Phi) is 15.7. The van der Waals surface area contributed by atoms with Crippen LogP contribution in [0.15, 0.2) is 0 Å². The van der Waals surface area contributed by atoms with Crippen LogP contribution in [0.3, 0.4) is 0 Å². The normalized spacial score (nSPS) is 57.5. The van der Waals surface area contributed by atoms with Crippen molar-refractivity contribution >= 4 is 0 Å². The minimum atomic E-state index is -1.99. The third kappa shape index (κ3) is 9.20. The van der Waals surface area contributed by atoms with Gasteiger partial charge in [-0.05, 0) is 116 Å². The molecule has 0 amide bonds. The van der Waals surface area contributed by atoms with Gasteiger partial charge in [0.05, 0.1) is 32.5 Å². The van der Waals surface area contributed by atoms with Crippen molar-refractivity contribution in [2.24, 2.45) is 52.3 Å². The summed E-state index contributed by atoms with van der Waals surface area (Å²) in [4.78, 5) is 2.94. The van der Waals surface area contributed by atoms with E-state index < -0.39 is 143 Å². The van der Waals surface area contributed by atoms with Crippen molar-refractivity contribution in [1.82, 2.24) is 4.90 Å². The van der Waals surface area contributed by atoms with E-state index in [4.69, 9.17) is 37.9 Å². The van der Waals surface area contributed by atoms with Crippen LogP contribution in [0.2, 0.25) is 0 Å². The van der Waals surface area contributed by atoms with E-state index >= 15 is 0 Å². The van der Waals surface area contributed by atoms with Crippen LogP contribution >= 0.6 is 0 Å². The van der Waals surface area contributed by atoms with Crippen LogP contribution in [0.1, 0.15) is 91.9 Å². The lowest BCUT2D eigenvalue weighted by Gasteiger charge is -2.61. The maximum absolute atomic E-state index is 11.8. The van der Waals surface area contributed by atoms with E-state index in [-0.39, 0.29) is 11.5 Å². The smallest absolute Gasteiger partial charge is 0.187 e. The molecule has 10 fully saturated rings. The molecule has 4 saturated carbocycles. The molecule has 0 unspecified atom stereocenters. The molecule has 12 N–H and O–H groups in total. The molecule has 6 saturated heterocycles. The Balaban J connectivity index is 0.821. The van der Waals surface area contributed by atoms with Gasteiger partial charge in [0, 0.05) is 18.6 Å². The van der Waals surface area contributed by atoms with Crippen LogP contribution in [-0.2, 0) is 37.9 Å². The first-order valence-electron chi connectivity index (χ1n) is 26.7. The lowest BCUT2D eigenvalue weighted by Crippen LogP contribution is -2.68. The summed E-state index contributed by atoms with van der Waals surface area (Å²) in [5, 5.41) is 129. The van der Waals surface area contributed by atoms with Crippen molar-refractivity contribution < 1.29 is 99.2 Å². The highest BCUT2D eigenvalue weighted by Crippen LogP contribution is 2.71. The summed E-state index contributed by atoms with van der Waals surface area (Å²) in [6.45, 7) is 8.43. The van der Waals surface area contributed by atoms with Crippen molar-refractivity contribution in [3.8, 4) is 0 Å². The number of rotatable bonds is 11. The molecule has 6 aliphatic heterocycles. The SMILES string of the molecule is C[C@H]1CC[C@@H]2[C@@H](C)[C@H]3[C@H](C[C@H]4[C@@H]5CC[C@H]6C[C@@H](O[C@@H]7O[C@H](CO)[C@H](O[C@@H]8O[C@H](CO)[C@@H](O)[C@H](O[C@@H]9OC[C@@H](O)[C@H](O)[C@H]9O)[C@H]8O[C@@H]8O[C@H](CO)[C@@H](O)[C@H](O)[C@H]8O)[C@H](O)[C@H]7O)CC[C@]6(C)[C@H]5CC[C@]34C)N2C1. The Hall–Kier alpha value is -0.840. The summed E-state index contributed by atoms with van der Waals surface area (Å²) in [5.41, 5.74) is 0.517. The molecule has 71 heavy (non-hydrogen) atoms. The average molecular weight is 1020 g/mol. The van der Waals surface area contributed by atoms with E-state index in [1.54, 1.807) is 0 Å². The molecule has 6 heterocycles. The van der Waals surface area contributed by atoms with E-state index in [0.717, 1.165) is 55.4 Å². The molecule has 10 aliphatic rings. The molecule has 31 atom stereocenters. The van der Waals surface area contributed by atoms with E-state index in [9.17, 15) is 61.3 Å². The zero-order valence-corrected chi connectivity index (χ0v) is 41.4. The molecule has 408 valence electrons. The quantitative estimate of drug-likeness (QED) is 0.0966. The number of hydrogen-bond donors (Lipinski definition) is 12. The van der Waals surface area contributed by atoms with Gasteiger partial charge in [0.15, 0.2) is 25.2 Å². The molecular formula is C50H83NO20. The lowest BCUT2D eigenvalue weighted by molar-refractivity contribution is -0.404. The molecule has 21 heteroatoms. The van der Waals surface area contributed by atoms with E-state index in [1.165, 1.54) is 45.1 Å². The summed E-state index contributed by atoms with van der Waals surface area (Å²) in [6, 6.07) is 1.44. The van der Waals surface area contributed by atoms with Crippen molar-refractivity contribution in [2.75, 3.05) is 33.0 Å². The van der Waals surface area contributed by atoms with Crippen molar-refractivity contribution in [3.63, 3.8) is 0 Å². The van der Waals surface area contributed by atoms with Crippen LogP contribution in [0.25, 0.3) is 0 Å². The standard InChI is InChI=1S/C50H83NO20/c1-20-5-8-27-21(2)33-28(51(27)15-20)14-26-24-7-6-22-13-23(9-11-49(22,3)25(24)10-12-50(26,33)4)65-46-41(63)38(60)42(32(18-54)68-46)69-48-44(71-47-40(62)37(59)35(57)30(16-52)66-47)43(36(58)31(17-53)67-48)70-45-39(61)34(56)29(55)19-64-45/h20-48,52-63H,5-19H2,1-4H3/t20-,21+,22-,23-,24+,25-,26-,27+,28-,29+,30+,31+,32+,33-,34-,35+,36+,37-,38+,39+,40+,41+,42-,43-,44+,45-,46+,47-,48-,49-,50-/m0/s1. The van der Waals surface area contributed by atoms with Crippen LogP contribution in [0.5, 0.6) is 0 Å². The summed E-state index contributed by atoms with van der Waals surface area (Å²) < 4.78 is 48.0. The van der Waals surface area contributed by atoms with Gasteiger partial charge in [-0.1, -0.05) is 27.7 Å². The number of hydrogen-bond acceptors (Lipinski definition) is 21. The van der Waals surface area contributed by atoms with Gasteiger partial charge in [-0.25, -0.2) is 0 Å². The topological polar surface area (TPSA) is 320 Å². The number of aliphatic hydroxyl groups excluding tert-OH is 12. The highest BCUT2D eigenvalue weighted by molar-refractivity contribution is 5.17. The minimum absolute atomic E-state index is 0.145. The van der Waals surface area contributed by atoms with Gasteiger partial charge in [-0.15, -0.1) is 0 Å². The Labute approximate surface area is 415 Å². The average Bonchev–Trinajstić information content (AvgIpc) is 3.83. The first kappa shape index (κ1) is 53.6. The van der Waals surface area contributed by atoms with Gasteiger partial charge >= 0.3 is 0 Å². The molecule has 0 aromatic rings. The van der Waals surface area contributed by atoms with Gasteiger partial charge in [-0.2, -0.15) is 0 Å². The van der Waals surface area contributed by atoms with Gasteiger partial charge in [-0.3, -0.25) is 4.90 Å². The van der Waals surface area contributed by atoms with Crippen LogP contribution < -0.4 is 0 Å². The van der Waals surface area contributed by atoms with Gasteiger partial charge in [0.2, 0.25) is 0 Å². The Morgan fingerprint density at radius 3 is 1.87 bits per heavy atom. The number of aliphatic hydroxyl groups is 12. The highest BCUT2D eigenvalue weighted by atomic mass is 16.8. The third-order valence-electron chi connectivity index (χ3n) is 20.4. The molecule has 21 nitrogen and oxygen atoms in total. The third-order valence-corrected chi connectivity index (χ3v) is 20.4. The largest absolute Gasteiger partial charge is 0.394 e. The monoisotopic (exact) mass is 1020 g/mol. The molecule has 0 radical (unpaired) electrons. The van der Waals surface area contributed by atoms with E-state index in [1.807, 2.05) is 0 Å². The van der Waals surface area contributed by atoms with Crippen LogP contribution in [0, 0.1) is 52.3 Å². The fraction of sp³-hybridized carbons (Fsp3) is 1.00. The Morgan fingerprint density at radius 1 is 0.521 bits per heavy atom. The zero-order chi connectivity index (χ0) is 50.6. The number of fused-ring (bicyclic) bond motifs is 9. The first-order valence-corrected chi connectivity index (χ1v) is 26.7.